The van der Waals surface area contributed by atoms with Gasteiger partial charge < -0.3 is 5.73 Å². The van der Waals surface area contributed by atoms with Crippen LogP contribution in [0.4, 0.5) is 0 Å². The summed E-state index contributed by atoms with van der Waals surface area (Å²) in [5.41, 5.74) is 5.72. The maximum atomic E-state index is 12.1. The van der Waals surface area contributed by atoms with Gasteiger partial charge in [0, 0.05) is 10.2 Å². The van der Waals surface area contributed by atoms with Crippen LogP contribution < -0.4 is 5.73 Å². The molecule has 0 fully saturated rings. The normalized spacial score (nSPS) is 13.8. The van der Waals surface area contributed by atoms with E-state index in [-0.39, 0.29) is 5.41 Å². The van der Waals surface area contributed by atoms with Crippen molar-refractivity contribution in [1.82, 2.24) is 0 Å². The number of rotatable bonds is 5. The Morgan fingerprint density at radius 3 is 2.56 bits per heavy atom. The molecule has 2 nitrogen and oxygen atoms in total. The van der Waals surface area contributed by atoms with Crippen LogP contribution in [0.3, 0.4) is 0 Å². The summed E-state index contributed by atoms with van der Waals surface area (Å²) in [7, 11) is -0.945. The molecule has 0 spiro atoms. The molecule has 0 radical (unpaired) electrons. The van der Waals surface area contributed by atoms with Gasteiger partial charge in [-0.3, -0.25) is 4.21 Å². The molecule has 0 bridgehead atoms. The van der Waals surface area contributed by atoms with Crippen molar-refractivity contribution >= 4 is 26.7 Å². The molecule has 2 N–H and O–H groups in total. The van der Waals surface area contributed by atoms with Crippen LogP contribution in [0.15, 0.2) is 33.6 Å². The van der Waals surface area contributed by atoms with Crippen LogP contribution in [0.25, 0.3) is 0 Å². The molecule has 0 aromatic heterocycles. The molecule has 1 aromatic rings. The largest absolute Gasteiger partial charge is 0.330 e. The Kier molecular flexibility index (Phi) is 5.15. The fraction of sp³-hybridized carbons (Fsp3) is 0.500. The maximum Gasteiger partial charge on any atom is 0.0541 e. The van der Waals surface area contributed by atoms with E-state index < -0.39 is 10.8 Å². The third-order valence-corrected chi connectivity index (χ3v) is 4.97. The Labute approximate surface area is 108 Å². The lowest BCUT2D eigenvalue weighted by Crippen LogP contribution is -2.25. The molecule has 4 heteroatoms. The Hall–Kier alpha value is -0.190. The Bertz CT molecular complexity index is 379. The van der Waals surface area contributed by atoms with Crippen molar-refractivity contribution in [2.45, 2.75) is 25.2 Å². The predicted octanol–water partition coefficient (Wildman–Crippen LogP) is 2.93. The van der Waals surface area contributed by atoms with Gasteiger partial charge in [0.15, 0.2) is 0 Å². The lowest BCUT2D eigenvalue weighted by molar-refractivity contribution is 0.367. The van der Waals surface area contributed by atoms with Crippen LogP contribution in [-0.2, 0) is 10.8 Å². The second kappa shape index (κ2) is 5.94. The highest BCUT2D eigenvalue weighted by atomic mass is 79.9. The molecule has 0 aliphatic rings. The van der Waals surface area contributed by atoms with Gasteiger partial charge in [-0.05, 0) is 46.4 Å². The molecule has 0 saturated heterocycles. The molecule has 1 aromatic carbocycles. The number of benzene rings is 1. The molecule has 1 rings (SSSR count). The summed E-state index contributed by atoms with van der Waals surface area (Å²) in [4.78, 5) is 0.871. The highest BCUT2D eigenvalue weighted by Gasteiger charge is 2.17. The summed E-state index contributed by atoms with van der Waals surface area (Å²) < 4.78 is 13.0. The zero-order valence-electron chi connectivity index (χ0n) is 9.70. The molecule has 0 saturated carbocycles. The smallest absolute Gasteiger partial charge is 0.0541 e. The van der Waals surface area contributed by atoms with E-state index in [1.54, 1.807) is 0 Å². The van der Waals surface area contributed by atoms with Crippen molar-refractivity contribution in [2.24, 2.45) is 11.1 Å². The van der Waals surface area contributed by atoms with E-state index in [9.17, 15) is 4.21 Å². The monoisotopic (exact) mass is 303 g/mol. The minimum absolute atomic E-state index is 0.0664. The summed E-state index contributed by atoms with van der Waals surface area (Å²) >= 11 is 3.42. The van der Waals surface area contributed by atoms with Gasteiger partial charge in [-0.25, -0.2) is 0 Å². The van der Waals surface area contributed by atoms with E-state index in [1.807, 2.05) is 24.3 Å². The third kappa shape index (κ3) is 4.00. The molecular formula is C12H18BrNOS. The second-order valence-corrected chi connectivity index (χ2v) is 6.99. The van der Waals surface area contributed by atoms with Gasteiger partial charge >= 0.3 is 0 Å². The van der Waals surface area contributed by atoms with Crippen molar-refractivity contribution in [3.05, 3.63) is 28.7 Å². The second-order valence-electron chi connectivity index (χ2n) is 4.60. The number of nitrogens with two attached hydrogens (primary N) is 1. The lowest BCUT2D eigenvalue weighted by Gasteiger charge is -2.21. The molecule has 0 heterocycles. The van der Waals surface area contributed by atoms with E-state index in [0.717, 1.165) is 15.8 Å². The average Bonchev–Trinajstić information content (AvgIpc) is 2.27. The van der Waals surface area contributed by atoms with Gasteiger partial charge in [0.05, 0.1) is 15.7 Å². The van der Waals surface area contributed by atoms with Crippen molar-refractivity contribution in [3.63, 3.8) is 0 Å². The first-order chi connectivity index (χ1) is 7.46. The molecule has 0 aliphatic heterocycles. The van der Waals surface area contributed by atoms with Gasteiger partial charge in [0.1, 0.15) is 0 Å². The topological polar surface area (TPSA) is 43.1 Å². The molecule has 90 valence electrons. The molecule has 0 aliphatic carbocycles. The highest BCUT2D eigenvalue weighted by molar-refractivity contribution is 9.10. The Balaban J connectivity index is 2.64. The van der Waals surface area contributed by atoms with Crippen molar-refractivity contribution < 1.29 is 4.21 Å². The molecule has 0 amide bonds. The molecule has 16 heavy (non-hydrogen) atoms. The summed E-state index contributed by atoms with van der Waals surface area (Å²) in [6.07, 6.45) is 0.872. The summed E-state index contributed by atoms with van der Waals surface area (Å²) in [6, 6.07) is 7.65. The number of hydrogen-bond acceptors (Lipinski definition) is 2. The first-order valence-electron chi connectivity index (χ1n) is 5.29. The van der Waals surface area contributed by atoms with E-state index in [2.05, 4.69) is 29.8 Å². The van der Waals surface area contributed by atoms with E-state index in [0.29, 0.717) is 12.3 Å². The van der Waals surface area contributed by atoms with Gasteiger partial charge in [0.25, 0.3) is 0 Å². The quantitative estimate of drug-likeness (QED) is 0.909. The van der Waals surface area contributed by atoms with Crippen LogP contribution in [0.5, 0.6) is 0 Å². The van der Waals surface area contributed by atoms with Crippen molar-refractivity contribution in [1.29, 1.82) is 0 Å². The van der Waals surface area contributed by atoms with Crippen molar-refractivity contribution in [2.75, 3.05) is 12.3 Å². The fourth-order valence-electron chi connectivity index (χ4n) is 1.21. The van der Waals surface area contributed by atoms with Gasteiger partial charge in [0.2, 0.25) is 0 Å². The fourth-order valence-corrected chi connectivity index (χ4v) is 3.51. The van der Waals surface area contributed by atoms with E-state index in [1.165, 1.54) is 0 Å². The average molecular weight is 304 g/mol. The Morgan fingerprint density at radius 2 is 2.00 bits per heavy atom. The first-order valence-corrected chi connectivity index (χ1v) is 7.40. The SMILES string of the molecule is CC(C)(CN)CCS(=O)c1ccccc1Br. The zero-order chi connectivity index (χ0) is 12.2. The highest BCUT2D eigenvalue weighted by Crippen LogP contribution is 2.23. The van der Waals surface area contributed by atoms with Crippen LogP contribution in [0.1, 0.15) is 20.3 Å². The minimum Gasteiger partial charge on any atom is -0.330 e. The number of halogens is 1. The third-order valence-electron chi connectivity index (χ3n) is 2.60. The van der Waals surface area contributed by atoms with Crippen LogP contribution >= 0.6 is 15.9 Å². The predicted molar refractivity (Wildman–Crippen MR) is 72.9 cm³/mol. The molecule has 1 unspecified atom stereocenters. The van der Waals surface area contributed by atoms with E-state index in [4.69, 9.17) is 5.73 Å². The zero-order valence-corrected chi connectivity index (χ0v) is 12.1. The van der Waals surface area contributed by atoms with Crippen LogP contribution in [0.2, 0.25) is 0 Å². The van der Waals surface area contributed by atoms with Gasteiger partial charge in [-0.2, -0.15) is 0 Å². The molecular weight excluding hydrogens is 286 g/mol. The standard InChI is InChI=1S/C12H18BrNOS/c1-12(2,9-14)7-8-16(15)11-6-4-3-5-10(11)13/h3-6H,7-9,14H2,1-2H3. The summed E-state index contributed by atoms with van der Waals surface area (Å²) in [5, 5.41) is 0. The summed E-state index contributed by atoms with van der Waals surface area (Å²) in [5.74, 6) is 0.660. The maximum absolute atomic E-state index is 12.1. The lowest BCUT2D eigenvalue weighted by atomic mass is 9.91. The summed E-state index contributed by atoms with van der Waals surface area (Å²) in [6.45, 7) is 4.83. The van der Waals surface area contributed by atoms with Crippen molar-refractivity contribution in [3.8, 4) is 0 Å². The first kappa shape index (κ1) is 13.9. The Morgan fingerprint density at radius 1 is 1.38 bits per heavy atom. The van der Waals surface area contributed by atoms with Crippen LogP contribution in [-0.4, -0.2) is 16.5 Å². The van der Waals surface area contributed by atoms with Gasteiger partial charge in [-0.15, -0.1) is 0 Å². The molecule has 1 atom stereocenters. The number of hydrogen-bond donors (Lipinski definition) is 1. The minimum atomic E-state index is -0.945. The van der Waals surface area contributed by atoms with Gasteiger partial charge in [-0.1, -0.05) is 26.0 Å². The van der Waals surface area contributed by atoms with Crippen LogP contribution in [0, 0.1) is 5.41 Å². The van der Waals surface area contributed by atoms with E-state index >= 15 is 0 Å².